The Bertz CT molecular complexity index is 365. The van der Waals surface area contributed by atoms with E-state index in [0.29, 0.717) is 18.4 Å². The first-order chi connectivity index (χ1) is 7.83. The maximum Gasteiger partial charge on any atom is 0.244 e. The van der Waals surface area contributed by atoms with Crippen LogP contribution in [0.2, 0.25) is 0 Å². The van der Waals surface area contributed by atoms with Crippen molar-refractivity contribution < 1.29 is 4.79 Å². The molecule has 0 radical (unpaired) electrons. The van der Waals surface area contributed by atoms with Crippen LogP contribution in [0.4, 0.5) is 0 Å². The summed E-state index contributed by atoms with van der Waals surface area (Å²) in [4.78, 5) is 13.9. The minimum absolute atomic E-state index is 0.153. The molecule has 0 bridgehead atoms. The Labute approximate surface area is 93.6 Å². The van der Waals surface area contributed by atoms with Crippen LogP contribution in [0.1, 0.15) is 0 Å². The molecule has 2 atom stereocenters. The number of carbonyl (C=O) groups excluding carboxylic acids is 1. The van der Waals surface area contributed by atoms with Crippen LogP contribution in [0.15, 0.2) is 12.4 Å². The van der Waals surface area contributed by atoms with Crippen molar-refractivity contribution in [3.8, 4) is 0 Å². The van der Waals surface area contributed by atoms with E-state index < -0.39 is 0 Å². The van der Waals surface area contributed by atoms with Crippen molar-refractivity contribution in [3.63, 3.8) is 0 Å². The highest BCUT2D eigenvalue weighted by Gasteiger charge is 2.37. The summed E-state index contributed by atoms with van der Waals surface area (Å²) in [6.45, 7) is 4.21. The van der Waals surface area contributed by atoms with Gasteiger partial charge in [0.25, 0.3) is 0 Å². The quantitative estimate of drug-likeness (QED) is 0.692. The first-order valence-electron chi connectivity index (χ1n) is 5.65. The van der Waals surface area contributed by atoms with E-state index in [0.717, 1.165) is 26.2 Å². The molecule has 6 nitrogen and oxygen atoms in total. The van der Waals surface area contributed by atoms with E-state index in [-0.39, 0.29) is 5.91 Å². The number of amides is 1. The van der Waals surface area contributed by atoms with Crippen molar-refractivity contribution in [2.45, 2.75) is 6.54 Å². The van der Waals surface area contributed by atoms with Crippen LogP contribution in [0, 0.1) is 11.8 Å². The van der Waals surface area contributed by atoms with Gasteiger partial charge in [-0.1, -0.05) is 5.21 Å². The van der Waals surface area contributed by atoms with E-state index in [4.69, 9.17) is 0 Å². The number of hydrogen-bond donors (Lipinski definition) is 1. The van der Waals surface area contributed by atoms with Gasteiger partial charge in [0.1, 0.15) is 6.54 Å². The minimum Gasteiger partial charge on any atom is -0.340 e. The minimum atomic E-state index is 0.153. The molecule has 6 heteroatoms. The van der Waals surface area contributed by atoms with E-state index in [1.165, 1.54) is 0 Å². The van der Waals surface area contributed by atoms with Gasteiger partial charge in [-0.15, -0.1) is 5.10 Å². The Morgan fingerprint density at radius 3 is 2.75 bits per heavy atom. The Morgan fingerprint density at radius 2 is 2.12 bits per heavy atom. The van der Waals surface area contributed by atoms with Gasteiger partial charge in [0.2, 0.25) is 5.91 Å². The maximum atomic E-state index is 12.0. The molecule has 0 aliphatic carbocycles. The predicted molar refractivity (Wildman–Crippen MR) is 56.5 cm³/mol. The molecule has 1 aromatic heterocycles. The number of likely N-dealkylation sites (tertiary alicyclic amines) is 1. The third-order valence-corrected chi connectivity index (χ3v) is 3.51. The zero-order valence-electron chi connectivity index (χ0n) is 9.04. The van der Waals surface area contributed by atoms with Gasteiger partial charge in [-0.25, -0.2) is 4.68 Å². The molecular formula is C10H15N5O. The van der Waals surface area contributed by atoms with Crippen molar-refractivity contribution in [2.75, 3.05) is 26.2 Å². The number of carbonyl (C=O) groups is 1. The average molecular weight is 221 g/mol. The van der Waals surface area contributed by atoms with Crippen LogP contribution in [0.5, 0.6) is 0 Å². The smallest absolute Gasteiger partial charge is 0.244 e. The normalized spacial score (nSPS) is 28.4. The van der Waals surface area contributed by atoms with Crippen molar-refractivity contribution >= 4 is 5.91 Å². The van der Waals surface area contributed by atoms with E-state index >= 15 is 0 Å². The van der Waals surface area contributed by atoms with E-state index in [9.17, 15) is 4.79 Å². The summed E-state index contributed by atoms with van der Waals surface area (Å²) in [7, 11) is 0. The summed E-state index contributed by atoms with van der Waals surface area (Å²) in [5.41, 5.74) is 0. The van der Waals surface area contributed by atoms with Crippen LogP contribution in [-0.4, -0.2) is 52.0 Å². The standard InChI is InChI=1S/C10H15N5O/c16-10(7-15-2-1-12-13-15)14-5-8-3-11-4-9(8)6-14/h1-2,8-9,11H,3-7H2. The average Bonchev–Trinajstić information content (AvgIpc) is 2.91. The Balaban J connectivity index is 1.60. The molecule has 2 unspecified atom stereocenters. The highest BCUT2D eigenvalue weighted by atomic mass is 16.2. The highest BCUT2D eigenvalue weighted by Crippen LogP contribution is 2.26. The van der Waals surface area contributed by atoms with Crippen LogP contribution in [0.3, 0.4) is 0 Å². The number of nitrogens with zero attached hydrogens (tertiary/aromatic N) is 4. The van der Waals surface area contributed by atoms with Crippen molar-refractivity contribution in [1.29, 1.82) is 0 Å². The van der Waals surface area contributed by atoms with Crippen LogP contribution in [-0.2, 0) is 11.3 Å². The molecule has 2 aliphatic rings. The molecule has 2 fully saturated rings. The molecule has 86 valence electrons. The molecule has 3 heterocycles. The van der Waals surface area contributed by atoms with Crippen LogP contribution >= 0.6 is 0 Å². The number of nitrogens with one attached hydrogen (secondary N) is 1. The Morgan fingerprint density at radius 1 is 1.38 bits per heavy atom. The summed E-state index contributed by atoms with van der Waals surface area (Å²) < 4.78 is 1.58. The first-order valence-corrected chi connectivity index (χ1v) is 5.65. The fraction of sp³-hybridized carbons (Fsp3) is 0.700. The lowest BCUT2D eigenvalue weighted by atomic mass is 10.0. The van der Waals surface area contributed by atoms with Gasteiger partial charge in [0, 0.05) is 32.4 Å². The highest BCUT2D eigenvalue weighted by molar-refractivity contribution is 5.76. The third-order valence-electron chi connectivity index (χ3n) is 3.51. The van der Waals surface area contributed by atoms with Crippen molar-refractivity contribution in [3.05, 3.63) is 12.4 Å². The monoisotopic (exact) mass is 221 g/mol. The van der Waals surface area contributed by atoms with Crippen LogP contribution in [0.25, 0.3) is 0 Å². The fourth-order valence-electron chi connectivity index (χ4n) is 2.61. The van der Waals surface area contributed by atoms with Gasteiger partial charge in [-0.3, -0.25) is 4.79 Å². The predicted octanol–water partition coefficient (Wildman–Crippen LogP) is -1.04. The fourth-order valence-corrected chi connectivity index (χ4v) is 2.61. The summed E-state index contributed by atoms with van der Waals surface area (Å²) in [5.74, 6) is 1.46. The van der Waals surface area contributed by atoms with Gasteiger partial charge >= 0.3 is 0 Å². The summed E-state index contributed by atoms with van der Waals surface area (Å²) in [6, 6.07) is 0. The third kappa shape index (κ3) is 1.69. The summed E-state index contributed by atoms with van der Waals surface area (Å²) >= 11 is 0. The Kier molecular flexibility index (Phi) is 2.36. The van der Waals surface area contributed by atoms with Gasteiger partial charge in [-0.05, 0) is 11.8 Å². The number of aromatic nitrogens is 3. The molecule has 16 heavy (non-hydrogen) atoms. The van der Waals surface area contributed by atoms with Gasteiger partial charge < -0.3 is 10.2 Å². The lowest BCUT2D eigenvalue weighted by Crippen LogP contribution is -2.34. The lowest BCUT2D eigenvalue weighted by Gasteiger charge is -2.17. The van der Waals surface area contributed by atoms with E-state index in [2.05, 4.69) is 15.6 Å². The molecule has 1 amide bonds. The largest absolute Gasteiger partial charge is 0.340 e. The van der Waals surface area contributed by atoms with Gasteiger partial charge in [0.15, 0.2) is 0 Å². The first kappa shape index (κ1) is 9.77. The molecule has 2 saturated heterocycles. The number of hydrogen-bond acceptors (Lipinski definition) is 4. The second-order valence-corrected chi connectivity index (χ2v) is 4.58. The lowest BCUT2D eigenvalue weighted by molar-refractivity contribution is -0.131. The topological polar surface area (TPSA) is 63.1 Å². The van der Waals surface area contributed by atoms with Crippen molar-refractivity contribution in [2.24, 2.45) is 11.8 Å². The molecular weight excluding hydrogens is 206 g/mol. The number of fused-ring (bicyclic) bond motifs is 1. The second kappa shape index (κ2) is 3.86. The molecule has 2 aliphatic heterocycles. The molecule has 0 saturated carbocycles. The molecule has 1 aromatic rings. The molecule has 1 N–H and O–H groups in total. The number of rotatable bonds is 2. The zero-order valence-corrected chi connectivity index (χ0v) is 9.04. The molecule has 3 rings (SSSR count). The van der Waals surface area contributed by atoms with E-state index in [1.54, 1.807) is 17.1 Å². The SMILES string of the molecule is O=C(Cn1ccnn1)N1CC2CNCC2C1. The zero-order chi connectivity index (χ0) is 11.0. The molecule has 0 aromatic carbocycles. The summed E-state index contributed by atoms with van der Waals surface area (Å²) in [6.07, 6.45) is 3.31. The Hall–Kier alpha value is -1.43. The van der Waals surface area contributed by atoms with Crippen LogP contribution < -0.4 is 5.32 Å². The van der Waals surface area contributed by atoms with Gasteiger partial charge in [-0.2, -0.15) is 0 Å². The molecule has 0 spiro atoms. The maximum absolute atomic E-state index is 12.0. The van der Waals surface area contributed by atoms with Gasteiger partial charge in [0.05, 0.1) is 6.20 Å². The van der Waals surface area contributed by atoms with E-state index in [1.807, 2.05) is 4.90 Å². The van der Waals surface area contributed by atoms with Crippen molar-refractivity contribution in [1.82, 2.24) is 25.2 Å². The summed E-state index contributed by atoms with van der Waals surface area (Å²) in [5, 5.41) is 10.9. The second-order valence-electron chi connectivity index (χ2n) is 4.58.